The van der Waals surface area contributed by atoms with Crippen molar-refractivity contribution in [3.63, 3.8) is 0 Å². The van der Waals surface area contributed by atoms with E-state index in [1.54, 1.807) is 18.3 Å². The number of hydrogen-bond donors (Lipinski definition) is 3. The molecule has 0 bridgehead atoms. The van der Waals surface area contributed by atoms with Crippen molar-refractivity contribution in [3.8, 4) is 6.07 Å². The number of hydrazine groups is 1. The van der Waals surface area contributed by atoms with Gasteiger partial charge in [0.05, 0.1) is 6.20 Å². The second-order valence-electron chi connectivity index (χ2n) is 6.25. The Morgan fingerprint density at radius 3 is 2.76 bits per heavy atom. The number of rotatable bonds is 6. The number of hydrogen-bond acceptors (Lipinski definition) is 6. The van der Waals surface area contributed by atoms with Gasteiger partial charge in [0.1, 0.15) is 23.1 Å². The minimum Gasteiger partial charge on any atom is -0.360 e. The van der Waals surface area contributed by atoms with Gasteiger partial charge < -0.3 is 4.98 Å². The van der Waals surface area contributed by atoms with Gasteiger partial charge >= 0.3 is 0 Å². The number of ketones is 1. The van der Waals surface area contributed by atoms with Crippen molar-refractivity contribution in [1.29, 1.82) is 5.26 Å². The van der Waals surface area contributed by atoms with Crippen LogP contribution in [0.15, 0.2) is 60.9 Å². The smallest absolute Gasteiger partial charge is 0.238 e. The first-order valence-electron chi connectivity index (χ1n) is 8.77. The number of nitrogens with one attached hydrogen (secondary N) is 3. The van der Waals surface area contributed by atoms with Crippen LogP contribution in [0.1, 0.15) is 27.2 Å². The molecule has 2 heterocycles. The van der Waals surface area contributed by atoms with E-state index in [2.05, 4.69) is 25.8 Å². The predicted molar refractivity (Wildman–Crippen MR) is 105 cm³/mol. The molecule has 0 saturated heterocycles. The van der Waals surface area contributed by atoms with E-state index in [0.717, 1.165) is 16.5 Å². The van der Waals surface area contributed by atoms with E-state index >= 15 is 0 Å². The second kappa shape index (κ2) is 7.88. The lowest BCUT2D eigenvalue weighted by atomic mass is 10.0. The van der Waals surface area contributed by atoms with Gasteiger partial charge in [-0.15, -0.1) is 0 Å². The van der Waals surface area contributed by atoms with Crippen molar-refractivity contribution in [2.75, 3.05) is 5.43 Å². The van der Waals surface area contributed by atoms with E-state index in [1.165, 1.54) is 18.3 Å². The monoisotopic (exact) mass is 386 g/mol. The number of carbonyl (C=O) groups excluding carboxylic acids is 1. The Kier molecular flexibility index (Phi) is 4.97. The molecule has 0 aliphatic heterocycles. The number of benzene rings is 2. The van der Waals surface area contributed by atoms with Crippen molar-refractivity contribution in [3.05, 3.63) is 89.1 Å². The van der Waals surface area contributed by atoms with Crippen LogP contribution in [0.2, 0.25) is 0 Å². The Hall–Kier alpha value is -4.09. The highest BCUT2D eigenvalue weighted by molar-refractivity contribution is 6.16. The third-order valence-electron chi connectivity index (χ3n) is 4.36. The zero-order valence-electron chi connectivity index (χ0n) is 15.1. The fourth-order valence-electron chi connectivity index (χ4n) is 2.91. The summed E-state index contributed by atoms with van der Waals surface area (Å²) in [7, 11) is 0. The van der Waals surface area contributed by atoms with E-state index in [0.29, 0.717) is 12.1 Å². The van der Waals surface area contributed by atoms with Crippen LogP contribution in [0.4, 0.5) is 10.3 Å². The zero-order chi connectivity index (χ0) is 20.2. The number of halogens is 1. The first-order valence-corrected chi connectivity index (χ1v) is 8.77. The number of aromatic amines is 1. The quantitative estimate of drug-likeness (QED) is 0.347. The van der Waals surface area contributed by atoms with Crippen LogP contribution in [0.3, 0.4) is 0 Å². The van der Waals surface area contributed by atoms with Gasteiger partial charge in [-0.1, -0.05) is 30.3 Å². The van der Waals surface area contributed by atoms with E-state index < -0.39 is 0 Å². The van der Waals surface area contributed by atoms with Gasteiger partial charge in [0.15, 0.2) is 0 Å². The van der Waals surface area contributed by atoms with Gasteiger partial charge in [0, 0.05) is 29.2 Å². The molecular formula is C21H15FN6O. The Morgan fingerprint density at radius 2 is 1.97 bits per heavy atom. The molecule has 0 amide bonds. The van der Waals surface area contributed by atoms with E-state index in [-0.39, 0.29) is 28.8 Å². The maximum absolute atomic E-state index is 13.0. The Morgan fingerprint density at radius 1 is 1.17 bits per heavy atom. The standard InChI is InChI=1S/C21H15FN6O/c22-15-7-5-13(6-8-15)10-26-28-21-25-11-14(9-23)19(27-21)20(29)17-12-24-18-4-2-1-3-16(17)18/h1-8,11-12,24,26H,10H2,(H,25,27,28). The predicted octanol–water partition coefficient (Wildman–Crippen LogP) is 3.32. The van der Waals surface area contributed by atoms with Gasteiger partial charge in [-0.25, -0.2) is 19.8 Å². The van der Waals surface area contributed by atoms with Crippen molar-refractivity contribution in [2.45, 2.75) is 6.54 Å². The van der Waals surface area contributed by atoms with Crippen molar-refractivity contribution >= 4 is 22.6 Å². The van der Waals surface area contributed by atoms with Crippen molar-refractivity contribution in [1.82, 2.24) is 20.4 Å². The summed E-state index contributed by atoms with van der Waals surface area (Å²) in [5, 5.41) is 10.1. The molecule has 3 N–H and O–H groups in total. The fraction of sp³-hybridized carbons (Fsp3) is 0.0476. The summed E-state index contributed by atoms with van der Waals surface area (Å²) in [5.74, 6) is -0.533. The lowest BCUT2D eigenvalue weighted by Gasteiger charge is -2.09. The third kappa shape index (κ3) is 3.81. The number of fused-ring (bicyclic) bond motifs is 1. The van der Waals surface area contributed by atoms with Crippen LogP contribution in [-0.2, 0) is 6.54 Å². The number of nitrogens with zero attached hydrogens (tertiary/aromatic N) is 3. The molecule has 0 spiro atoms. The molecule has 4 rings (SSSR count). The van der Waals surface area contributed by atoms with E-state index in [9.17, 15) is 14.4 Å². The molecule has 7 nitrogen and oxygen atoms in total. The molecule has 2 aromatic carbocycles. The molecule has 0 atom stereocenters. The Balaban J connectivity index is 1.56. The first kappa shape index (κ1) is 18.3. The molecule has 142 valence electrons. The fourth-order valence-corrected chi connectivity index (χ4v) is 2.91. The maximum atomic E-state index is 13.0. The van der Waals surface area contributed by atoms with Crippen LogP contribution in [0.25, 0.3) is 10.9 Å². The number of aromatic nitrogens is 3. The topological polar surface area (TPSA) is 106 Å². The van der Waals surface area contributed by atoms with Crippen molar-refractivity contribution in [2.24, 2.45) is 0 Å². The molecule has 0 aliphatic carbocycles. The molecule has 0 aliphatic rings. The summed E-state index contributed by atoms with van der Waals surface area (Å²) in [5.41, 5.74) is 7.91. The number of carbonyl (C=O) groups is 1. The molecule has 8 heteroatoms. The minimum atomic E-state index is -0.372. The van der Waals surface area contributed by atoms with Gasteiger partial charge in [-0.3, -0.25) is 10.2 Å². The summed E-state index contributed by atoms with van der Waals surface area (Å²) in [6, 6.07) is 15.4. The molecule has 0 unspecified atom stereocenters. The van der Waals surface area contributed by atoms with Gasteiger partial charge in [0.25, 0.3) is 0 Å². The average molecular weight is 386 g/mol. The summed E-state index contributed by atoms with van der Waals surface area (Å²) < 4.78 is 13.0. The SMILES string of the molecule is N#Cc1cnc(NNCc2ccc(F)cc2)nc1C(=O)c1c[nH]c2ccccc12. The highest BCUT2D eigenvalue weighted by atomic mass is 19.1. The second-order valence-corrected chi connectivity index (χ2v) is 6.25. The third-order valence-corrected chi connectivity index (χ3v) is 4.36. The Labute approximate surface area is 165 Å². The first-order chi connectivity index (χ1) is 14.2. The summed E-state index contributed by atoms with van der Waals surface area (Å²) >= 11 is 0. The van der Waals surface area contributed by atoms with Gasteiger partial charge in [-0.2, -0.15) is 5.26 Å². The Bertz CT molecular complexity index is 1230. The molecule has 29 heavy (non-hydrogen) atoms. The molecular weight excluding hydrogens is 371 g/mol. The molecule has 0 radical (unpaired) electrons. The van der Waals surface area contributed by atoms with Crippen LogP contribution >= 0.6 is 0 Å². The van der Waals surface area contributed by atoms with Crippen LogP contribution in [0.5, 0.6) is 0 Å². The van der Waals surface area contributed by atoms with Gasteiger partial charge in [0.2, 0.25) is 11.7 Å². The zero-order valence-corrected chi connectivity index (χ0v) is 15.1. The normalized spacial score (nSPS) is 10.6. The summed E-state index contributed by atoms with van der Waals surface area (Å²) in [6.45, 7) is 0.384. The summed E-state index contributed by atoms with van der Waals surface area (Å²) in [6.07, 6.45) is 2.91. The summed E-state index contributed by atoms with van der Waals surface area (Å²) in [4.78, 5) is 24.4. The number of nitriles is 1. The maximum Gasteiger partial charge on any atom is 0.238 e. The largest absolute Gasteiger partial charge is 0.360 e. The van der Waals surface area contributed by atoms with Gasteiger partial charge in [-0.05, 0) is 23.8 Å². The van der Waals surface area contributed by atoms with E-state index in [1.807, 2.05) is 30.3 Å². The lowest BCUT2D eigenvalue weighted by Crippen LogP contribution is -2.23. The molecule has 0 fully saturated rings. The van der Waals surface area contributed by atoms with Crippen LogP contribution < -0.4 is 10.9 Å². The molecule has 4 aromatic rings. The van der Waals surface area contributed by atoms with Crippen LogP contribution in [-0.4, -0.2) is 20.7 Å². The average Bonchev–Trinajstić information content (AvgIpc) is 3.19. The number of anilines is 1. The molecule has 0 saturated carbocycles. The van der Waals surface area contributed by atoms with Crippen LogP contribution in [0, 0.1) is 17.1 Å². The highest BCUT2D eigenvalue weighted by Gasteiger charge is 2.20. The number of H-pyrrole nitrogens is 1. The highest BCUT2D eigenvalue weighted by Crippen LogP contribution is 2.21. The number of para-hydroxylation sites is 1. The van der Waals surface area contributed by atoms with Crippen molar-refractivity contribution < 1.29 is 9.18 Å². The minimum absolute atomic E-state index is 0.0123. The van der Waals surface area contributed by atoms with E-state index in [4.69, 9.17) is 0 Å². The molecule has 2 aromatic heterocycles. The lowest BCUT2D eigenvalue weighted by molar-refractivity contribution is 0.103.